The zero-order valence-corrected chi connectivity index (χ0v) is 7.68. The Hall–Kier alpha value is -1.27. The van der Waals surface area contributed by atoms with Gasteiger partial charge in [0.2, 0.25) is 0 Å². The van der Waals surface area contributed by atoms with Gasteiger partial charge in [-0.3, -0.25) is 0 Å². The highest BCUT2D eigenvalue weighted by Crippen LogP contribution is 2.13. The second kappa shape index (κ2) is 3.14. The van der Waals surface area contributed by atoms with Gasteiger partial charge in [0.25, 0.3) is 0 Å². The smallest absolute Gasteiger partial charge is 0.164 e. The van der Waals surface area contributed by atoms with Crippen molar-refractivity contribution in [2.45, 2.75) is 0 Å². The number of rotatable bonds is 2. The number of benzene rings is 1. The van der Waals surface area contributed by atoms with Crippen molar-refractivity contribution in [3.63, 3.8) is 0 Å². The fourth-order valence-electron chi connectivity index (χ4n) is 1.21. The Bertz CT molecular complexity index is 448. The lowest BCUT2D eigenvalue weighted by molar-refractivity contribution is -1.92. The molecule has 0 bridgehead atoms. The van der Waals surface area contributed by atoms with Gasteiger partial charge in [-0.1, -0.05) is 22.9 Å². The molecule has 0 aliphatic rings. The molecule has 1 heterocycles. The van der Waals surface area contributed by atoms with Crippen LogP contribution in [0, 0.1) is 10.2 Å². The van der Waals surface area contributed by atoms with Crippen LogP contribution in [0.25, 0.3) is 10.9 Å². The minimum atomic E-state index is -4.46. The molecule has 0 unspecified atom stereocenters. The fraction of sp³-hybridized carbons (Fsp3) is 0. The van der Waals surface area contributed by atoms with Crippen molar-refractivity contribution in [1.82, 2.24) is 4.73 Å². The van der Waals surface area contributed by atoms with Gasteiger partial charge in [-0.2, -0.15) is 14.0 Å². The van der Waals surface area contributed by atoms with Crippen LogP contribution in [0.2, 0.25) is 0 Å². The number of fused-ring (bicyclic) bond motifs is 1. The van der Waals surface area contributed by atoms with E-state index in [1.165, 1.54) is 6.20 Å². The fourth-order valence-corrected chi connectivity index (χ4v) is 1.51. The van der Waals surface area contributed by atoms with E-state index in [1.807, 2.05) is 0 Å². The van der Waals surface area contributed by atoms with Gasteiger partial charge < -0.3 is 0 Å². The lowest BCUT2D eigenvalue weighted by atomic mass is 10.3. The molecule has 0 amide bonds. The largest absolute Gasteiger partial charge is 0.171 e. The third-order valence-corrected chi connectivity index (χ3v) is 2.04. The molecule has 0 N–H and O–H groups in total. The van der Waals surface area contributed by atoms with E-state index in [0.29, 0.717) is 5.52 Å². The summed E-state index contributed by atoms with van der Waals surface area (Å²) < 4.78 is 36.0. The van der Waals surface area contributed by atoms with Crippen LogP contribution in [0.3, 0.4) is 0 Å². The van der Waals surface area contributed by atoms with Gasteiger partial charge in [0.15, 0.2) is 10.2 Å². The minimum absolute atomic E-state index is 0.527. The highest BCUT2D eigenvalue weighted by molar-refractivity contribution is 5.79. The van der Waals surface area contributed by atoms with E-state index in [2.05, 4.69) is 4.39 Å². The Morgan fingerprint density at radius 3 is 2.50 bits per heavy atom. The van der Waals surface area contributed by atoms with E-state index in [0.717, 1.165) is 10.1 Å². The molecular weight excluding hydrogens is 210 g/mol. The molecule has 0 fully saturated rings. The first kappa shape index (κ1) is 9.29. The number of hydrogen-bond acceptors (Lipinski definition) is 4. The molecule has 0 aliphatic carbocycles. The Morgan fingerprint density at radius 1 is 1.07 bits per heavy atom. The number of para-hydroxylation sites is 1. The third kappa shape index (κ3) is 1.80. The highest BCUT2D eigenvalue weighted by Gasteiger charge is 2.20. The monoisotopic (exact) mass is 215 g/mol. The van der Waals surface area contributed by atoms with Crippen molar-refractivity contribution in [2.24, 2.45) is 0 Å². The number of aromatic nitrogens is 1. The zero-order chi connectivity index (χ0) is 10.2. The van der Waals surface area contributed by atoms with Gasteiger partial charge in [0.1, 0.15) is 5.52 Å². The molecule has 6 heteroatoms. The topological polar surface area (TPSA) is 83.3 Å². The number of halogens is 1. The third-order valence-electron chi connectivity index (χ3n) is 1.72. The molecule has 14 heavy (non-hydrogen) atoms. The van der Waals surface area contributed by atoms with Crippen molar-refractivity contribution in [3.8, 4) is 0 Å². The van der Waals surface area contributed by atoms with Crippen LogP contribution >= 0.6 is 0 Å². The zero-order valence-electron chi connectivity index (χ0n) is 6.92. The number of hydrogen-bond donors (Lipinski definition) is 0. The maximum atomic E-state index is 10.3. The van der Waals surface area contributed by atoms with Gasteiger partial charge in [-0.05, 0) is 12.1 Å². The molecule has 0 radical (unpaired) electrons. The number of nitrogens with zero attached hydrogens (tertiary/aromatic N) is 1. The molecular formula is C8H6ClNO4. The first-order valence-electron chi connectivity index (χ1n) is 3.73. The molecule has 2 aromatic rings. The maximum Gasteiger partial charge on any atom is 0.171 e. The standard InChI is InChI=1S/C8H6ClNO4/c11-9(12,13)14-10-6-5-7-3-1-2-4-8(7)10/h1-6H. The molecule has 74 valence electrons. The second-order valence-electron chi connectivity index (χ2n) is 2.65. The van der Waals surface area contributed by atoms with Crippen LogP contribution in [0.4, 0.5) is 0 Å². The van der Waals surface area contributed by atoms with Gasteiger partial charge >= 0.3 is 0 Å². The average molecular weight is 216 g/mol. The van der Waals surface area contributed by atoms with Crippen molar-refractivity contribution in [1.29, 1.82) is 0 Å². The molecule has 1 aromatic carbocycles. The summed E-state index contributed by atoms with van der Waals surface area (Å²) in [5.74, 6) is 0. The Kier molecular flexibility index (Phi) is 2.09. The van der Waals surface area contributed by atoms with Crippen LogP contribution in [-0.2, 0) is 0 Å². The van der Waals surface area contributed by atoms with Crippen molar-refractivity contribution in [2.75, 3.05) is 0 Å². The summed E-state index contributed by atoms with van der Waals surface area (Å²) in [5, 5.41) is 0.798. The first-order chi connectivity index (χ1) is 6.56. The van der Waals surface area contributed by atoms with Crippen LogP contribution in [0.15, 0.2) is 36.5 Å². The predicted molar refractivity (Wildman–Crippen MR) is 38.5 cm³/mol. The van der Waals surface area contributed by atoms with Crippen LogP contribution in [0.1, 0.15) is 0 Å². The summed E-state index contributed by atoms with van der Waals surface area (Å²) in [7, 11) is -4.46. The molecule has 0 aliphatic heterocycles. The summed E-state index contributed by atoms with van der Waals surface area (Å²) in [5.41, 5.74) is 0.527. The Morgan fingerprint density at radius 2 is 1.79 bits per heavy atom. The SMILES string of the molecule is [O-][Cl+3]([O-])([O-])On1ccc2ccccc21. The van der Waals surface area contributed by atoms with Gasteiger partial charge in [-0.15, -0.1) is 0 Å². The summed E-state index contributed by atoms with van der Waals surface area (Å²) in [4.78, 5) is 0. The van der Waals surface area contributed by atoms with Gasteiger partial charge in [0, 0.05) is 9.78 Å². The molecule has 0 saturated carbocycles. The van der Waals surface area contributed by atoms with Gasteiger partial charge in [-0.25, -0.2) is 0 Å². The second-order valence-corrected chi connectivity index (χ2v) is 3.54. The molecule has 1 aromatic heterocycles. The van der Waals surface area contributed by atoms with E-state index in [4.69, 9.17) is 0 Å². The lowest BCUT2D eigenvalue weighted by Gasteiger charge is -2.11. The van der Waals surface area contributed by atoms with Crippen LogP contribution in [0.5, 0.6) is 0 Å². The quantitative estimate of drug-likeness (QED) is 0.578. The van der Waals surface area contributed by atoms with Gasteiger partial charge in [0.05, 0.1) is 6.20 Å². The molecule has 5 nitrogen and oxygen atoms in total. The van der Waals surface area contributed by atoms with Crippen LogP contribution in [-0.4, -0.2) is 4.73 Å². The minimum Gasteiger partial charge on any atom is -0.164 e. The van der Waals surface area contributed by atoms with E-state index in [1.54, 1.807) is 30.3 Å². The van der Waals surface area contributed by atoms with Crippen molar-refractivity contribution in [3.05, 3.63) is 36.5 Å². The average Bonchev–Trinajstić information content (AvgIpc) is 2.47. The molecule has 0 spiro atoms. The van der Waals surface area contributed by atoms with Crippen LogP contribution < -0.4 is 18.4 Å². The predicted octanol–water partition coefficient (Wildman–Crippen LogP) is -2.03. The Labute approximate surface area is 81.4 Å². The first-order valence-corrected chi connectivity index (χ1v) is 4.97. The normalized spacial score (nSPS) is 11.9. The molecule has 0 saturated heterocycles. The summed E-state index contributed by atoms with van der Waals surface area (Å²) in [6.07, 6.45) is 1.37. The van der Waals surface area contributed by atoms with E-state index in [-0.39, 0.29) is 0 Å². The van der Waals surface area contributed by atoms with E-state index >= 15 is 0 Å². The maximum absolute atomic E-state index is 10.3. The highest BCUT2D eigenvalue weighted by atomic mass is 35.7. The summed E-state index contributed by atoms with van der Waals surface area (Å²) in [6, 6.07) is 8.60. The van der Waals surface area contributed by atoms with E-state index in [9.17, 15) is 14.0 Å². The van der Waals surface area contributed by atoms with Crippen molar-refractivity contribution >= 4 is 10.9 Å². The lowest BCUT2D eigenvalue weighted by Crippen LogP contribution is -2.65. The summed E-state index contributed by atoms with van der Waals surface area (Å²) >= 11 is 0. The van der Waals surface area contributed by atoms with Crippen molar-refractivity contribution < 1.29 is 28.6 Å². The summed E-state index contributed by atoms with van der Waals surface area (Å²) in [6.45, 7) is 0. The molecule has 0 atom stereocenters. The Balaban J connectivity index is 2.44. The molecule has 2 rings (SSSR count). The van der Waals surface area contributed by atoms with E-state index < -0.39 is 10.2 Å².